The zero-order chi connectivity index (χ0) is 22.6. The van der Waals surface area contributed by atoms with Crippen LogP contribution in [0.2, 0.25) is 0 Å². The maximum absolute atomic E-state index is 12.8. The van der Waals surface area contributed by atoms with Crippen molar-refractivity contribution in [2.45, 2.75) is 17.2 Å². The van der Waals surface area contributed by atoms with Crippen molar-refractivity contribution >= 4 is 33.0 Å². The molecule has 0 unspecified atom stereocenters. The van der Waals surface area contributed by atoms with E-state index in [1.165, 1.54) is 37.4 Å². The average Bonchev–Trinajstić information content (AvgIpc) is 3.18. The van der Waals surface area contributed by atoms with Crippen molar-refractivity contribution in [1.29, 1.82) is 0 Å². The van der Waals surface area contributed by atoms with Crippen LogP contribution in [0, 0.1) is 0 Å². The first kappa shape index (κ1) is 22.7. The molecule has 0 atom stereocenters. The Balaban J connectivity index is 1.82. The van der Waals surface area contributed by atoms with Crippen LogP contribution in [-0.2, 0) is 21.2 Å². The Kier molecular flexibility index (Phi) is 6.88. The van der Waals surface area contributed by atoms with E-state index in [4.69, 9.17) is 9.88 Å². The van der Waals surface area contributed by atoms with Crippen LogP contribution in [0.15, 0.2) is 58.8 Å². The van der Waals surface area contributed by atoms with Crippen LogP contribution in [-0.4, -0.2) is 28.0 Å². The highest BCUT2D eigenvalue weighted by molar-refractivity contribution is 7.91. The van der Waals surface area contributed by atoms with Gasteiger partial charge in [-0.15, -0.1) is 11.3 Å². The van der Waals surface area contributed by atoms with Crippen molar-refractivity contribution in [3.05, 3.63) is 59.5 Å². The predicted molar refractivity (Wildman–Crippen MR) is 113 cm³/mol. The zero-order valence-corrected chi connectivity index (χ0v) is 17.8. The molecular weight excluding hydrogens is 450 g/mol. The van der Waals surface area contributed by atoms with Crippen LogP contribution in [0.1, 0.15) is 4.88 Å². The molecule has 0 aliphatic rings. The second-order valence-corrected chi connectivity index (χ2v) is 9.27. The van der Waals surface area contributed by atoms with Gasteiger partial charge in [0.25, 0.3) is 0 Å². The molecule has 11 heteroatoms. The van der Waals surface area contributed by atoms with Crippen LogP contribution < -0.4 is 19.9 Å². The smallest absolute Gasteiger partial charge is 0.387 e. The second kappa shape index (κ2) is 9.41. The summed E-state index contributed by atoms with van der Waals surface area (Å²) in [5.41, 5.74) is 1.30. The van der Waals surface area contributed by atoms with E-state index in [-0.39, 0.29) is 16.4 Å². The summed E-state index contributed by atoms with van der Waals surface area (Å²) in [5.74, 6) is 0.139. The van der Waals surface area contributed by atoms with E-state index in [1.807, 2.05) is 0 Å². The van der Waals surface area contributed by atoms with Gasteiger partial charge in [-0.1, -0.05) is 12.1 Å². The quantitative estimate of drug-likeness (QED) is 0.522. The molecule has 7 nitrogen and oxygen atoms in total. The van der Waals surface area contributed by atoms with Crippen molar-refractivity contribution < 1.29 is 31.5 Å². The number of hydrogen-bond donors (Lipinski definition) is 2. The second-order valence-electron chi connectivity index (χ2n) is 6.31. The number of thiophene rings is 1. The number of rotatable bonds is 8. The number of primary sulfonamides is 1. The molecule has 164 valence electrons. The Labute approximate surface area is 181 Å². The number of nitrogens with one attached hydrogen (secondary N) is 1. The topological polar surface area (TPSA) is 108 Å². The maximum Gasteiger partial charge on any atom is 0.387 e. The lowest BCUT2D eigenvalue weighted by Crippen LogP contribution is -2.14. The largest absolute Gasteiger partial charge is 0.497 e. The number of anilines is 1. The van der Waals surface area contributed by atoms with Crippen LogP contribution in [0.4, 0.5) is 14.5 Å². The number of benzene rings is 2. The third-order valence-electron chi connectivity index (χ3n) is 4.13. The number of ether oxygens (including phenoxy) is 2. The first-order valence-electron chi connectivity index (χ1n) is 8.80. The number of alkyl halides is 2. The molecule has 3 aromatic rings. The lowest BCUT2D eigenvalue weighted by molar-refractivity contribution is -0.115. The number of halogens is 2. The van der Waals surface area contributed by atoms with Gasteiger partial charge in [0, 0.05) is 16.1 Å². The number of carbonyl (C=O) groups excluding carboxylic acids is 1. The number of hydrogen-bond acceptors (Lipinski definition) is 6. The van der Waals surface area contributed by atoms with Gasteiger partial charge in [-0.05, 0) is 48.0 Å². The van der Waals surface area contributed by atoms with E-state index in [9.17, 15) is 22.0 Å². The van der Waals surface area contributed by atoms with Gasteiger partial charge in [-0.3, -0.25) is 4.79 Å². The van der Waals surface area contributed by atoms with E-state index in [2.05, 4.69) is 10.1 Å². The lowest BCUT2D eigenvalue weighted by atomic mass is 10.0. The van der Waals surface area contributed by atoms with Crippen molar-refractivity contribution in [3.8, 4) is 22.6 Å². The Hall–Kier alpha value is -3.02. The molecule has 0 fully saturated rings. The predicted octanol–water partition coefficient (Wildman–Crippen LogP) is 3.85. The Morgan fingerprint density at radius 3 is 2.42 bits per heavy atom. The van der Waals surface area contributed by atoms with Gasteiger partial charge in [0.05, 0.1) is 13.5 Å². The standard InChI is InChI=1S/C20H18F2N2O5S2/c1-28-14-5-2-12(3-6-14)16-10-13(4-8-17(16)29-20(21)22)24-18(25)11-15-7-9-19(30-15)31(23,26)27/h2-10,20H,11H2,1H3,(H,24,25)(H2,23,26,27). The van der Waals surface area contributed by atoms with E-state index in [0.29, 0.717) is 27.4 Å². The molecule has 3 rings (SSSR count). The van der Waals surface area contributed by atoms with Crippen LogP contribution in [0.3, 0.4) is 0 Å². The lowest BCUT2D eigenvalue weighted by Gasteiger charge is -2.14. The first-order valence-corrected chi connectivity index (χ1v) is 11.2. The molecule has 0 aliphatic carbocycles. The Morgan fingerprint density at radius 1 is 1.13 bits per heavy atom. The molecule has 0 radical (unpaired) electrons. The zero-order valence-electron chi connectivity index (χ0n) is 16.2. The van der Waals surface area contributed by atoms with Gasteiger partial charge in [-0.25, -0.2) is 13.6 Å². The normalized spacial score (nSPS) is 11.4. The van der Waals surface area contributed by atoms with Crippen molar-refractivity contribution in [2.24, 2.45) is 5.14 Å². The minimum absolute atomic E-state index is 0.0365. The number of methoxy groups -OCH3 is 1. The summed E-state index contributed by atoms with van der Waals surface area (Å²) >= 11 is 0.902. The average molecular weight is 469 g/mol. The molecule has 3 N–H and O–H groups in total. The van der Waals surface area contributed by atoms with Gasteiger partial charge in [0.1, 0.15) is 15.7 Å². The highest BCUT2D eigenvalue weighted by Crippen LogP contribution is 2.34. The molecule has 0 spiro atoms. The molecule has 2 aromatic carbocycles. The van der Waals surface area contributed by atoms with E-state index in [1.54, 1.807) is 24.3 Å². The third kappa shape index (κ3) is 6.00. The third-order valence-corrected chi connectivity index (χ3v) is 6.66. The summed E-state index contributed by atoms with van der Waals surface area (Å²) in [7, 11) is -2.32. The van der Waals surface area contributed by atoms with Gasteiger partial charge < -0.3 is 14.8 Å². The molecule has 0 bridgehead atoms. The van der Waals surface area contributed by atoms with E-state index < -0.39 is 22.5 Å². The van der Waals surface area contributed by atoms with Crippen molar-refractivity contribution in [1.82, 2.24) is 0 Å². The summed E-state index contributed by atoms with van der Waals surface area (Å²) in [6.07, 6.45) is -0.0761. The van der Waals surface area contributed by atoms with Crippen LogP contribution in [0.5, 0.6) is 11.5 Å². The summed E-state index contributed by atoms with van der Waals surface area (Å²) in [4.78, 5) is 12.9. The summed E-state index contributed by atoms with van der Waals surface area (Å²) in [6, 6.07) is 13.8. The van der Waals surface area contributed by atoms with Crippen LogP contribution in [0.25, 0.3) is 11.1 Å². The fraction of sp³-hybridized carbons (Fsp3) is 0.150. The summed E-state index contributed by atoms with van der Waals surface area (Å²) < 4.78 is 58.0. The molecular formula is C20H18F2N2O5S2. The van der Waals surface area contributed by atoms with E-state index >= 15 is 0 Å². The van der Waals surface area contributed by atoms with E-state index in [0.717, 1.165) is 11.3 Å². The molecule has 0 saturated heterocycles. The highest BCUT2D eigenvalue weighted by atomic mass is 32.2. The van der Waals surface area contributed by atoms with Gasteiger partial charge in [0.15, 0.2) is 0 Å². The molecule has 0 aliphatic heterocycles. The van der Waals surface area contributed by atoms with Gasteiger partial charge >= 0.3 is 6.61 Å². The minimum Gasteiger partial charge on any atom is -0.497 e. The fourth-order valence-corrected chi connectivity index (χ4v) is 4.55. The Morgan fingerprint density at radius 2 is 1.84 bits per heavy atom. The number of nitrogens with two attached hydrogens (primary N) is 1. The first-order chi connectivity index (χ1) is 14.7. The minimum atomic E-state index is -3.83. The molecule has 1 amide bonds. The molecule has 31 heavy (non-hydrogen) atoms. The van der Waals surface area contributed by atoms with Gasteiger partial charge in [0.2, 0.25) is 15.9 Å². The Bertz CT molecular complexity index is 1180. The summed E-state index contributed by atoms with van der Waals surface area (Å²) in [5, 5.41) is 7.74. The molecule has 1 aromatic heterocycles. The summed E-state index contributed by atoms with van der Waals surface area (Å²) in [6.45, 7) is -3.01. The fourth-order valence-electron chi connectivity index (χ4n) is 2.77. The maximum atomic E-state index is 12.8. The number of sulfonamides is 1. The number of carbonyl (C=O) groups is 1. The molecule has 1 heterocycles. The monoisotopic (exact) mass is 468 g/mol. The number of amides is 1. The van der Waals surface area contributed by atoms with Gasteiger partial charge in [-0.2, -0.15) is 8.78 Å². The highest BCUT2D eigenvalue weighted by Gasteiger charge is 2.16. The van der Waals surface area contributed by atoms with Crippen molar-refractivity contribution in [3.63, 3.8) is 0 Å². The van der Waals surface area contributed by atoms with Crippen molar-refractivity contribution in [2.75, 3.05) is 12.4 Å². The molecule has 0 saturated carbocycles. The SMILES string of the molecule is COc1ccc(-c2cc(NC(=O)Cc3ccc(S(N)(=O)=O)s3)ccc2OC(F)F)cc1. The van der Waals surface area contributed by atoms with Crippen LogP contribution >= 0.6 is 11.3 Å².